The number of carbonyl (C=O) groups is 1. The molecule has 5 heteroatoms. The minimum absolute atomic E-state index is 0.146. The number of benzene rings is 2. The van der Waals surface area contributed by atoms with Gasteiger partial charge in [0.15, 0.2) is 0 Å². The smallest absolute Gasteiger partial charge is 0.344 e. The average molecular weight is 321 g/mol. The molecule has 5 nitrogen and oxygen atoms in total. The van der Waals surface area contributed by atoms with Crippen LogP contribution in [-0.2, 0) is 0 Å². The molecule has 0 saturated carbocycles. The SMILES string of the molecule is O=C(c1cccc(-c2cc3ccccc3oc2=O)c1)N1CC(O)C1. The van der Waals surface area contributed by atoms with Gasteiger partial charge >= 0.3 is 5.63 Å². The number of carbonyl (C=O) groups excluding carboxylic acids is 1. The van der Waals surface area contributed by atoms with Crippen molar-refractivity contribution in [3.63, 3.8) is 0 Å². The van der Waals surface area contributed by atoms with Crippen molar-refractivity contribution in [3.8, 4) is 11.1 Å². The fourth-order valence-corrected chi connectivity index (χ4v) is 2.89. The highest BCUT2D eigenvalue weighted by Crippen LogP contribution is 2.23. The van der Waals surface area contributed by atoms with E-state index in [2.05, 4.69) is 0 Å². The summed E-state index contributed by atoms with van der Waals surface area (Å²) in [7, 11) is 0. The maximum atomic E-state index is 12.4. The van der Waals surface area contributed by atoms with E-state index in [1.807, 2.05) is 18.2 Å². The average Bonchev–Trinajstić information content (AvgIpc) is 2.58. The lowest BCUT2D eigenvalue weighted by molar-refractivity contribution is 0.00590. The number of rotatable bonds is 2. The lowest BCUT2D eigenvalue weighted by Crippen LogP contribution is -2.53. The largest absolute Gasteiger partial charge is 0.422 e. The van der Waals surface area contributed by atoms with Crippen molar-refractivity contribution >= 4 is 16.9 Å². The Kier molecular flexibility index (Phi) is 3.43. The predicted octanol–water partition coefficient (Wildman–Crippen LogP) is 2.28. The molecule has 1 saturated heterocycles. The number of aliphatic hydroxyl groups is 1. The fraction of sp³-hybridized carbons (Fsp3) is 0.158. The number of nitrogens with zero attached hydrogens (tertiary/aromatic N) is 1. The van der Waals surface area contributed by atoms with Gasteiger partial charge in [-0.15, -0.1) is 0 Å². The Morgan fingerprint density at radius 3 is 2.67 bits per heavy atom. The molecular formula is C19H15NO4. The number of fused-ring (bicyclic) bond motifs is 1. The van der Waals surface area contributed by atoms with Crippen LogP contribution in [0.15, 0.2) is 63.8 Å². The predicted molar refractivity (Wildman–Crippen MR) is 89.8 cm³/mol. The zero-order valence-corrected chi connectivity index (χ0v) is 12.8. The van der Waals surface area contributed by atoms with E-state index in [9.17, 15) is 14.7 Å². The number of para-hydroxylation sites is 1. The molecule has 1 aliphatic heterocycles. The van der Waals surface area contributed by atoms with E-state index in [4.69, 9.17) is 4.42 Å². The molecule has 120 valence electrons. The van der Waals surface area contributed by atoms with Gasteiger partial charge in [-0.1, -0.05) is 30.3 Å². The van der Waals surface area contributed by atoms with Gasteiger partial charge in [-0.2, -0.15) is 0 Å². The quantitative estimate of drug-likeness (QED) is 0.735. The number of aliphatic hydroxyl groups excluding tert-OH is 1. The first kappa shape index (κ1) is 14.7. The van der Waals surface area contributed by atoms with Gasteiger partial charge in [-0.05, 0) is 29.8 Å². The first-order chi connectivity index (χ1) is 11.6. The van der Waals surface area contributed by atoms with Crippen molar-refractivity contribution < 1.29 is 14.3 Å². The van der Waals surface area contributed by atoms with Crippen molar-refractivity contribution in [1.29, 1.82) is 0 Å². The monoisotopic (exact) mass is 321 g/mol. The summed E-state index contributed by atoms with van der Waals surface area (Å²) in [6, 6.07) is 16.0. The summed E-state index contributed by atoms with van der Waals surface area (Å²) >= 11 is 0. The highest BCUT2D eigenvalue weighted by molar-refractivity contribution is 5.96. The van der Waals surface area contributed by atoms with E-state index in [0.29, 0.717) is 35.4 Å². The van der Waals surface area contributed by atoms with Crippen molar-refractivity contribution in [1.82, 2.24) is 4.90 Å². The Balaban J connectivity index is 1.75. The van der Waals surface area contributed by atoms with Crippen LogP contribution in [0.25, 0.3) is 22.1 Å². The molecule has 0 bridgehead atoms. The molecule has 4 rings (SSSR count). The second-order valence-corrected chi connectivity index (χ2v) is 5.93. The van der Waals surface area contributed by atoms with E-state index >= 15 is 0 Å². The van der Waals surface area contributed by atoms with Crippen LogP contribution in [0.2, 0.25) is 0 Å². The minimum atomic E-state index is -0.440. The maximum Gasteiger partial charge on any atom is 0.344 e. The first-order valence-electron chi connectivity index (χ1n) is 7.72. The first-order valence-corrected chi connectivity index (χ1v) is 7.72. The van der Waals surface area contributed by atoms with E-state index in [1.54, 1.807) is 41.3 Å². The van der Waals surface area contributed by atoms with Gasteiger partial charge in [0.05, 0.1) is 11.7 Å². The molecule has 1 fully saturated rings. The van der Waals surface area contributed by atoms with E-state index in [0.717, 1.165) is 5.39 Å². The molecule has 0 unspecified atom stereocenters. The lowest BCUT2D eigenvalue weighted by Gasteiger charge is -2.35. The van der Waals surface area contributed by atoms with Crippen LogP contribution >= 0.6 is 0 Å². The Hall–Kier alpha value is -2.92. The number of amides is 1. The molecule has 0 radical (unpaired) electrons. The molecule has 2 heterocycles. The lowest BCUT2D eigenvalue weighted by atomic mass is 10.0. The molecule has 1 amide bonds. The number of hydrogen-bond donors (Lipinski definition) is 1. The summed E-state index contributed by atoms with van der Waals surface area (Å²) in [5, 5.41) is 10.2. The highest BCUT2D eigenvalue weighted by atomic mass is 16.4. The molecule has 1 aromatic heterocycles. The second-order valence-electron chi connectivity index (χ2n) is 5.93. The Bertz CT molecular complexity index is 986. The summed E-state index contributed by atoms with van der Waals surface area (Å²) in [5.41, 5.74) is 1.66. The molecule has 0 aliphatic carbocycles. The van der Waals surface area contributed by atoms with E-state index < -0.39 is 11.7 Å². The van der Waals surface area contributed by atoms with Crippen molar-refractivity contribution in [3.05, 3.63) is 70.6 Å². The van der Waals surface area contributed by atoms with Gasteiger partial charge in [-0.25, -0.2) is 4.79 Å². The molecule has 0 spiro atoms. The summed E-state index contributed by atoms with van der Waals surface area (Å²) in [5.74, 6) is -0.146. The zero-order chi connectivity index (χ0) is 16.7. The zero-order valence-electron chi connectivity index (χ0n) is 12.8. The number of likely N-dealkylation sites (tertiary alicyclic amines) is 1. The van der Waals surface area contributed by atoms with Crippen molar-refractivity contribution in [2.24, 2.45) is 0 Å². The maximum absolute atomic E-state index is 12.4. The Morgan fingerprint density at radius 1 is 1.08 bits per heavy atom. The van der Waals surface area contributed by atoms with Gasteiger partial charge in [0.25, 0.3) is 5.91 Å². The minimum Gasteiger partial charge on any atom is -0.422 e. The van der Waals surface area contributed by atoms with Gasteiger partial charge < -0.3 is 14.4 Å². The molecule has 0 atom stereocenters. The topological polar surface area (TPSA) is 70.8 Å². The van der Waals surface area contributed by atoms with Crippen molar-refractivity contribution in [2.75, 3.05) is 13.1 Å². The molecule has 1 N–H and O–H groups in total. The molecule has 3 aromatic rings. The van der Waals surface area contributed by atoms with Crippen LogP contribution in [-0.4, -0.2) is 35.1 Å². The van der Waals surface area contributed by atoms with Gasteiger partial charge in [-0.3, -0.25) is 4.79 Å². The highest BCUT2D eigenvalue weighted by Gasteiger charge is 2.29. The van der Waals surface area contributed by atoms with E-state index in [1.165, 1.54) is 0 Å². The van der Waals surface area contributed by atoms with Crippen LogP contribution in [0, 0.1) is 0 Å². The summed E-state index contributed by atoms with van der Waals surface area (Å²) < 4.78 is 5.36. The second kappa shape index (κ2) is 5.62. The third-order valence-electron chi connectivity index (χ3n) is 4.21. The van der Waals surface area contributed by atoms with Crippen LogP contribution in [0.5, 0.6) is 0 Å². The summed E-state index contributed by atoms with van der Waals surface area (Å²) in [4.78, 5) is 26.2. The van der Waals surface area contributed by atoms with Crippen LogP contribution in [0.4, 0.5) is 0 Å². The third kappa shape index (κ3) is 2.49. The van der Waals surface area contributed by atoms with Crippen LogP contribution in [0.1, 0.15) is 10.4 Å². The fourth-order valence-electron chi connectivity index (χ4n) is 2.89. The number of β-amino-alcohol motifs (C(OH)–C–C–N with tert-alkyl or cyclic N) is 1. The standard InChI is InChI=1S/C19H15NO4/c21-15-10-20(11-15)18(22)14-6-3-5-12(8-14)16-9-13-4-1-2-7-17(13)24-19(16)23/h1-9,15,21H,10-11H2. The molecule has 2 aromatic carbocycles. The Labute approximate surface area is 137 Å². The van der Waals surface area contributed by atoms with Crippen LogP contribution < -0.4 is 5.63 Å². The Morgan fingerprint density at radius 2 is 1.88 bits per heavy atom. The van der Waals surface area contributed by atoms with Gasteiger partial charge in [0, 0.05) is 24.0 Å². The van der Waals surface area contributed by atoms with Crippen LogP contribution in [0.3, 0.4) is 0 Å². The molecule has 24 heavy (non-hydrogen) atoms. The third-order valence-corrected chi connectivity index (χ3v) is 4.21. The normalized spacial score (nSPS) is 14.6. The van der Waals surface area contributed by atoms with Gasteiger partial charge in [0.2, 0.25) is 0 Å². The summed E-state index contributed by atoms with van der Waals surface area (Å²) in [6.07, 6.45) is -0.440. The summed E-state index contributed by atoms with van der Waals surface area (Å²) in [6.45, 7) is 0.697. The molecular weight excluding hydrogens is 306 g/mol. The van der Waals surface area contributed by atoms with Crippen molar-refractivity contribution in [2.45, 2.75) is 6.10 Å². The van der Waals surface area contributed by atoms with Gasteiger partial charge in [0.1, 0.15) is 5.58 Å². The molecule has 1 aliphatic rings. The number of hydrogen-bond acceptors (Lipinski definition) is 4. The van der Waals surface area contributed by atoms with E-state index in [-0.39, 0.29) is 5.91 Å².